The minimum absolute atomic E-state index is 0.0414. The molecule has 1 aromatic heterocycles. The monoisotopic (exact) mass is 346 g/mol. The summed E-state index contributed by atoms with van der Waals surface area (Å²) >= 11 is 0. The SMILES string of the molecule is Cc1nn(C)cc1C(CC(=O)c1ccccc1)CC(=O)c1ccccc1. The van der Waals surface area contributed by atoms with Crippen LogP contribution in [0.1, 0.15) is 50.7 Å². The Morgan fingerprint density at radius 1 is 0.885 bits per heavy atom. The highest BCUT2D eigenvalue weighted by Gasteiger charge is 2.24. The number of carbonyl (C=O) groups is 2. The summed E-state index contributed by atoms with van der Waals surface area (Å²) in [5.41, 5.74) is 3.16. The smallest absolute Gasteiger partial charge is 0.163 e. The first kappa shape index (κ1) is 17.8. The Labute approximate surface area is 153 Å². The highest BCUT2D eigenvalue weighted by atomic mass is 16.1. The molecule has 0 spiro atoms. The first-order chi connectivity index (χ1) is 12.5. The molecule has 0 radical (unpaired) electrons. The number of Topliss-reactive ketones (excluding diaryl/α,β-unsaturated/α-hetero) is 2. The van der Waals surface area contributed by atoms with Gasteiger partial charge in [-0.2, -0.15) is 5.10 Å². The van der Waals surface area contributed by atoms with Crippen LogP contribution in [0.3, 0.4) is 0 Å². The van der Waals surface area contributed by atoms with Gasteiger partial charge in [-0.1, -0.05) is 60.7 Å². The van der Waals surface area contributed by atoms with E-state index in [9.17, 15) is 9.59 Å². The Kier molecular flexibility index (Phi) is 5.42. The summed E-state index contributed by atoms with van der Waals surface area (Å²) in [5, 5.41) is 4.39. The second kappa shape index (κ2) is 7.91. The summed E-state index contributed by atoms with van der Waals surface area (Å²) in [7, 11) is 1.85. The van der Waals surface area contributed by atoms with E-state index in [4.69, 9.17) is 0 Å². The minimum atomic E-state index is -0.191. The molecule has 0 fully saturated rings. The van der Waals surface area contributed by atoms with Crippen LogP contribution in [0.5, 0.6) is 0 Å². The molecule has 0 aliphatic heterocycles. The zero-order chi connectivity index (χ0) is 18.5. The molecule has 0 aliphatic carbocycles. The van der Waals surface area contributed by atoms with Crippen LogP contribution in [0.25, 0.3) is 0 Å². The van der Waals surface area contributed by atoms with Crippen LogP contribution in [0.15, 0.2) is 66.9 Å². The van der Waals surface area contributed by atoms with Crippen molar-refractivity contribution < 1.29 is 9.59 Å². The van der Waals surface area contributed by atoms with Gasteiger partial charge in [0.1, 0.15) is 0 Å². The lowest BCUT2D eigenvalue weighted by Crippen LogP contribution is -2.13. The lowest BCUT2D eigenvalue weighted by atomic mass is 9.86. The van der Waals surface area contributed by atoms with E-state index in [0.29, 0.717) is 11.1 Å². The molecule has 132 valence electrons. The summed E-state index contributed by atoms with van der Waals surface area (Å²) < 4.78 is 1.73. The molecule has 4 heteroatoms. The van der Waals surface area contributed by atoms with Gasteiger partial charge >= 0.3 is 0 Å². The zero-order valence-corrected chi connectivity index (χ0v) is 15.1. The molecule has 0 N–H and O–H groups in total. The van der Waals surface area contributed by atoms with E-state index in [0.717, 1.165) is 11.3 Å². The molecule has 1 heterocycles. The standard InChI is InChI=1S/C22H22N2O2/c1-16-20(15-24(2)23-16)19(13-21(25)17-9-5-3-6-10-17)14-22(26)18-11-7-4-8-12-18/h3-12,15,19H,13-14H2,1-2H3. The van der Waals surface area contributed by atoms with Gasteiger partial charge < -0.3 is 0 Å². The Bertz CT molecular complexity index is 845. The van der Waals surface area contributed by atoms with E-state index in [1.807, 2.05) is 80.8 Å². The Morgan fingerprint density at radius 3 is 1.73 bits per heavy atom. The van der Waals surface area contributed by atoms with Crippen LogP contribution in [-0.4, -0.2) is 21.3 Å². The first-order valence-corrected chi connectivity index (χ1v) is 8.71. The van der Waals surface area contributed by atoms with Crippen LogP contribution < -0.4 is 0 Å². The van der Waals surface area contributed by atoms with Gasteiger partial charge in [-0.05, 0) is 12.5 Å². The van der Waals surface area contributed by atoms with Gasteiger partial charge in [-0.3, -0.25) is 14.3 Å². The predicted octanol–water partition coefficient (Wildman–Crippen LogP) is 4.36. The van der Waals surface area contributed by atoms with Gasteiger partial charge in [-0.25, -0.2) is 0 Å². The van der Waals surface area contributed by atoms with Crippen molar-refractivity contribution in [1.29, 1.82) is 0 Å². The predicted molar refractivity (Wildman–Crippen MR) is 101 cm³/mol. The molecular weight excluding hydrogens is 324 g/mol. The van der Waals surface area contributed by atoms with E-state index in [1.54, 1.807) is 4.68 Å². The Hall–Kier alpha value is -3.01. The van der Waals surface area contributed by atoms with Gasteiger partial charge in [0.25, 0.3) is 0 Å². The average Bonchev–Trinajstić information content (AvgIpc) is 3.00. The lowest BCUT2D eigenvalue weighted by molar-refractivity contribution is 0.0944. The summed E-state index contributed by atoms with van der Waals surface area (Å²) in [4.78, 5) is 25.5. The van der Waals surface area contributed by atoms with Crippen LogP contribution >= 0.6 is 0 Å². The average molecular weight is 346 g/mol. The maximum absolute atomic E-state index is 12.7. The minimum Gasteiger partial charge on any atom is -0.294 e. The summed E-state index contributed by atoms with van der Waals surface area (Å²) in [6.45, 7) is 1.92. The Morgan fingerprint density at radius 2 is 1.35 bits per heavy atom. The maximum Gasteiger partial charge on any atom is 0.163 e. The number of nitrogens with zero attached hydrogens (tertiary/aromatic N) is 2. The molecule has 0 aliphatic rings. The van der Waals surface area contributed by atoms with Gasteiger partial charge in [0, 0.05) is 43.1 Å². The number of ketones is 2. The van der Waals surface area contributed by atoms with Crippen molar-refractivity contribution in [3.63, 3.8) is 0 Å². The fraction of sp³-hybridized carbons (Fsp3) is 0.227. The normalized spacial score (nSPS) is 10.9. The number of carbonyl (C=O) groups excluding carboxylic acids is 2. The van der Waals surface area contributed by atoms with Crippen LogP contribution in [0.2, 0.25) is 0 Å². The van der Waals surface area contributed by atoms with Gasteiger partial charge in [-0.15, -0.1) is 0 Å². The number of benzene rings is 2. The quantitative estimate of drug-likeness (QED) is 0.597. The summed E-state index contributed by atoms with van der Waals surface area (Å²) in [6.07, 6.45) is 2.49. The first-order valence-electron chi connectivity index (χ1n) is 8.71. The molecule has 3 aromatic rings. The van der Waals surface area contributed by atoms with E-state index in [-0.39, 0.29) is 30.3 Å². The third kappa shape index (κ3) is 4.14. The van der Waals surface area contributed by atoms with Gasteiger partial charge in [0.2, 0.25) is 0 Å². The molecule has 4 nitrogen and oxygen atoms in total. The van der Waals surface area contributed by atoms with Crippen molar-refractivity contribution in [2.45, 2.75) is 25.7 Å². The van der Waals surface area contributed by atoms with Crippen molar-refractivity contribution in [1.82, 2.24) is 9.78 Å². The second-order valence-corrected chi connectivity index (χ2v) is 6.53. The van der Waals surface area contributed by atoms with Crippen LogP contribution in [-0.2, 0) is 7.05 Å². The van der Waals surface area contributed by atoms with Crippen molar-refractivity contribution in [2.24, 2.45) is 7.05 Å². The number of hydrogen-bond acceptors (Lipinski definition) is 3. The van der Waals surface area contributed by atoms with Crippen molar-refractivity contribution in [2.75, 3.05) is 0 Å². The van der Waals surface area contributed by atoms with Crippen LogP contribution in [0, 0.1) is 6.92 Å². The van der Waals surface area contributed by atoms with Crippen LogP contribution in [0.4, 0.5) is 0 Å². The number of hydrogen-bond donors (Lipinski definition) is 0. The maximum atomic E-state index is 12.7. The Balaban J connectivity index is 1.86. The highest BCUT2D eigenvalue weighted by molar-refractivity contribution is 5.99. The van der Waals surface area contributed by atoms with E-state index >= 15 is 0 Å². The molecule has 26 heavy (non-hydrogen) atoms. The van der Waals surface area contributed by atoms with E-state index in [1.165, 1.54) is 0 Å². The van der Waals surface area contributed by atoms with Crippen molar-refractivity contribution in [3.05, 3.63) is 89.2 Å². The summed E-state index contributed by atoms with van der Waals surface area (Å²) in [6, 6.07) is 18.4. The topological polar surface area (TPSA) is 52.0 Å². The van der Waals surface area contributed by atoms with E-state index in [2.05, 4.69) is 5.10 Å². The molecule has 0 saturated heterocycles. The number of aromatic nitrogens is 2. The van der Waals surface area contributed by atoms with Crippen molar-refractivity contribution >= 4 is 11.6 Å². The molecule has 0 saturated carbocycles. The molecule has 0 unspecified atom stereocenters. The third-order valence-corrected chi connectivity index (χ3v) is 4.55. The zero-order valence-electron chi connectivity index (χ0n) is 15.1. The summed E-state index contributed by atoms with van der Waals surface area (Å²) in [5.74, 6) is -0.108. The van der Waals surface area contributed by atoms with E-state index < -0.39 is 0 Å². The molecule has 2 aromatic carbocycles. The molecule has 0 bridgehead atoms. The molecule has 0 atom stereocenters. The van der Waals surface area contributed by atoms with Gasteiger partial charge in [0.15, 0.2) is 11.6 Å². The lowest BCUT2D eigenvalue weighted by Gasteiger charge is -2.15. The largest absolute Gasteiger partial charge is 0.294 e. The number of rotatable bonds is 7. The second-order valence-electron chi connectivity index (χ2n) is 6.53. The fourth-order valence-electron chi connectivity index (χ4n) is 3.24. The van der Waals surface area contributed by atoms with Crippen molar-refractivity contribution in [3.8, 4) is 0 Å². The molecule has 3 rings (SSSR count). The highest BCUT2D eigenvalue weighted by Crippen LogP contribution is 2.29. The molecular formula is C22H22N2O2. The fourth-order valence-corrected chi connectivity index (χ4v) is 3.24. The number of aryl methyl sites for hydroxylation is 2. The molecule has 0 amide bonds. The van der Waals surface area contributed by atoms with Gasteiger partial charge in [0.05, 0.1) is 5.69 Å². The third-order valence-electron chi connectivity index (χ3n) is 4.55.